The molecule has 0 bridgehead atoms. The number of morpholine rings is 1. The molecule has 2 fully saturated rings. The Morgan fingerprint density at radius 2 is 1.82 bits per heavy atom. The van der Waals surface area contributed by atoms with Gasteiger partial charge in [-0.3, -0.25) is 4.79 Å². The maximum Gasteiger partial charge on any atom is 0.243 e. The first-order chi connectivity index (χ1) is 13.6. The van der Waals surface area contributed by atoms with Gasteiger partial charge in [0.2, 0.25) is 15.9 Å². The fraction of sp³-hybridized carbons (Fsp3) is 0.667. The molecule has 154 valence electrons. The Morgan fingerprint density at radius 1 is 1.07 bits per heavy atom. The zero-order valence-corrected chi connectivity index (χ0v) is 17.3. The van der Waals surface area contributed by atoms with Crippen molar-refractivity contribution in [2.75, 3.05) is 37.7 Å². The molecule has 0 N–H and O–H groups in total. The highest BCUT2D eigenvalue weighted by Crippen LogP contribution is 2.33. The number of ether oxygens (including phenoxy) is 1. The maximum atomic E-state index is 12.9. The number of carbonyl (C=O) groups excluding carboxylic acids is 1. The van der Waals surface area contributed by atoms with Crippen molar-refractivity contribution in [3.05, 3.63) is 23.8 Å². The lowest BCUT2D eigenvalue weighted by atomic mass is 9.86. The van der Waals surface area contributed by atoms with Gasteiger partial charge in [0.15, 0.2) is 0 Å². The first kappa shape index (κ1) is 19.9. The van der Waals surface area contributed by atoms with Gasteiger partial charge in [0.05, 0.1) is 18.1 Å². The van der Waals surface area contributed by atoms with Crippen molar-refractivity contribution in [3.63, 3.8) is 0 Å². The minimum absolute atomic E-state index is 0.174. The average molecular weight is 407 g/mol. The van der Waals surface area contributed by atoms with E-state index in [1.165, 1.54) is 36.4 Å². The predicted molar refractivity (Wildman–Crippen MR) is 108 cm³/mol. The predicted octanol–water partition coefficient (Wildman–Crippen LogP) is 2.96. The molecule has 1 aromatic carbocycles. The average Bonchev–Trinajstić information content (AvgIpc) is 3.17. The van der Waals surface area contributed by atoms with Crippen molar-refractivity contribution in [1.29, 1.82) is 0 Å². The number of carbonyl (C=O) groups is 1. The summed E-state index contributed by atoms with van der Waals surface area (Å²) in [5.41, 5.74) is 1.84. The van der Waals surface area contributed by atoms with Crippen molar-refractivity contribution >= 4 is 21.6 Å². The summed E-state index contributed by atoms with van der Waals surface area (Å²) in [6.45, 7) is 2.32. The van der Waals surface area contributed by atoms with Crippen LogP contribution in [-0.2, 0) is 26.0 Å². The minimum atomic E-state index is -3.50. The molecular formula is C21H30N2O4S. The Hall–Kier alpha value is -1.44. The lowest BCUT2D eigenvalue weighted by Gasteiger charge is -2.26. The second kappa shape index (κ2) is 8.51. The van der Waals surface area contributed by atoms with E-state index in [4.69, 9.17) is 4.74 Å². The second-order valence-electron chi connectivity index (χ2n) is 8.15. The molecule has 0 unspecified atom stereocenters. The molecule has 0 spiro atoms. The summed E-state index contributed by atoms with van der Waals surface area (Å²) in [5, 5.41) is 0. The number of hydrogen-bond acceptors (Lipinski definition) is 4. The van der Waals surface area contributed by atoms with Gasteiger partial charge in [-0.1, -0.05) is 32.1 Å². The summed E-state index contributed by atoms with van der Waals surface area (Å²) in [7, 11) is -3.50. The van der Waals surface area contributed by atoms with Crippen LogP contribution in [0.15, 0.2) is 23.1 Å². The summed E-state index contributed by atoms with van der Waals surface area (Å²) in [5.74, 6) is 0.869. The largest absolute Gasteiger partial charge is 0.379 e. The molecule has 6 nitrogen and oxygen atoms in total. The van der Waals surface area contributed by atoms with Crippen LogP contribution in [0.5, 0.6) is 0 Å². The third-order valence-corrected chi connectivity index (χ3v) is 8.24. The summed E-state index contributed by atoms with van der Waals surface area (Å²) in [4.78, 5) is 14.9. The Kier molecular flexibility index (Phi) is 6.04. The van der Waals surface area contributed by atoms with Crippen molar-refractivity contribution in [2.45, 2.75) is 56.3 Å². The second-order valence-corrected chi connectivity index (χ2v) is 10.1. The van der Waals surface area contributed by atoms with E-state index in [1.807, 2.05) is 11.0 Å². The molecule has 1 aromatic rings. The Morgan fingerprint density at radius 3 is 2.57 bits per heavy atom. The molecule has 28 heavy (non-hydrogen) atoms. The maximum absolute atomic E-state index is 12.9. The molecule has 0 atom stereocenters. The number of hydrogen-bond donors (Lipinski definition) is 0. The summed E-state index contributed by atoms with van der Waals surface area (Å²) >= 11 is 0. The first-order valence-corrected chi connectivity index (χ1v) is 12.0. The van der Waals surface area contributed by atoms with Crippen molar-refractivity contribution in [2.24, 2.45) is 5.92 Å². The SMILES string of the molecule is O=C(CCC1CCCCC1)N1CCc2cc(S(=O)(=O)N3CCOCC3)ccc21. The van der Waals surface area contributed by atoms with E-state index >= 15 is 0 Å². The molecule has 7 heteroatoms. The molecule has 3 aliphatic rings. The van der Waals surface area contributed by atoms with Gasteiger partial charge < -0.3 is 9.64 Å². The van der Waals surface area contributed by atoms with Gasteiger partial charge in [0, 0.05) is 31.7 Å². The van der Waals surface area contributed by atoms with Gasteiger partial charge in [-0.25, -0.2) is 8.42 Å². The highest BCUT2D eigenvalue weighted by molar-refractivity contribution is 7.89. The molecule has 4 rings (SSSR count). The van der Waals surface area contributed by atoms with Crippen molar-refractivity contribution < 1.29 is 17.9 Å². The first-order valence-electron chi connectivity index (χ1n) is 10.6. The van der Waals surface area contributed by atoms with E-state index in [0.29, 0.717) is 50.1 Å². The Labute approximate surface area is 167 Å². The minimum Gasteiger partial charge on any atom is -0.379 e. The number of rotatable bonds is 5. The van der Waals surface area contributed by atoms with Crippen LogP contribution in [0.1, 0.15) is 50.5 Å². The fourth-order valence-electron chi connectivity index (χ4n) is 4.67. The molecule has 1 saturated heterocycles. The normalized spacial score (nSPS) is 21.6. The Bertz CT molecular complexity index is 812. The van der Waals surface area contributed by atoms with E-state index in [0.717, 1.165) is 24.1 Å². The van der Waals surface area contributed by atoms with Crippen LogP contribution < -0.4 is 4.90 Å². The molecule has 1 amide bonds. The van der Waals surface area contributed by atoms with Gasteiger partial charge in [0.25, 0.3) is 0 Å². The molecule has 2 heterocycles. The fourth-order valence-corrected chi connectivity index (χ4v) is 6.13. The molecule has 0 radical (unpaired) electrons. The summed E-state index contributed by atoms with van der Waals surface area (Å²) < 4.78 is 32.5. The van der Waals surface area contributed by atoms with Crippen LogP contribution in [0.25, 0.3) is 0 Å². The number of fused-ring (bicyclic) bond motifs is 1. The highest BCUT2D eigenvalue weighted by atomic mass is 32.2. The van der Waals surface area contributed by atoms with Crippen LogP contribution in [-0.4, -0.2) is 51.5 Å². The number of anilines is 1. The van der Waals surface area contributed by atoms with Gasteiger partial charge in [0.1, 0.15) is 0 Å². The highest BCUT2D eigenvalue weighted by Gasteiger charge is 2.30. The summed E-state index contributed by atoms with van der Waals surface area (Å²) in [6, 6.07) is 5.22. The number of sulfonamides is 1. The summed E-state index contributed by atoms with van der Waals surface area (Å²) in [6.07, 6.45) is 8.74. The van der Waals surface area contributed by atoms with E-state index in [9.17, 15) is 13.2 Å². The van der Waals surface area contributed by atoms with Crippen LogP contribution >= 0.6 is 0 Å². The van der Waals surface area contributed by atoms with E-state index in [1.54, 1.807) is 12.1 Å². The number of amides is 1. The molecule has 2 aliphatic heterocycles. The molecule has 1 saturated carbocycles. The molecule has 1 aliphatic carbocycles. The zero-order chi connectivity index (χ0) is 19.6. The van der Waals surface area contributed by atoms with Gasteiger partial charge in [-0.05, 0) is 42.5 Å². The van der Waals surface area contributed by atoms with Gasteiger partial charge in [-0.15, -0.1) is 0 Å². The third kappa shape index (κ3) is 4.11. The smallest absolute Gasteiger partial charge is 0.243 e. The zero-order valence-electron chi connectivity index (χ0n) is 16.4. The Balaban J connectivity index is 1.43. The van der Waals surface area contributed by atoms with E-state index < -0.39 is 10.0 Å². The molecule has 0 aromatic heterocycles. The van der Waals surface area contributed by atoms with Crippen molar-refractivity contribution in [3.8, 4) is 0 Å². The number of benzene rings is 1. The molecular weight excluding hydrogens is 376 g/mol. The topological polar surface area (TPSA) is 66.9 Å². The number of nitrogens with zero attached hydrogens (tertiary/aromatic N) is 2. The monoisotopic (exact) mass is 406 g/mol. The van der Waals surface area contributed by atoms with Gasteiger partial charge in [-0.2, -0.15) is 4.31 Å². The van der Waals surface area contributed by atoms with Crippen LogP contribution in [0.2, 0.25) is 0 Å². The lowest BCUT2D eigenvalue weighted by Crippen LogP contribution is -2.40. The lowest BCUT2D eigenvalue weighted by molar-refractivity contribution is -0.118. The van der Waals surface area contributed by atoms with Crippen molar-refractivity contribution in [1.82, 2.24) is 4.31 Å². The van der Waals surface area contributed by atoms with E-state index in [2.05, 4.69) is 0 Å². The standard InChI is InChI=1S/C21H30N2O4S/c24-21(9-6-17-4-2-1-3-5-17)23-11-10-18-16-19(7-8-20(18)23)28(25,26)22-12-14-27-15-13-22/h7-8,16-17H,1-6,9-15H2. The van der Waals surface area contributed by atoms with Crippen LogP contribution in [0.3, 0.4) is 0 Å². The van der Waals surface area contributed by atoms with Crippen LogP contribution in [0.4, 0.5) is 5.69 Å². The quantitative estimate of drug-likeness (QED) is 0.754. The van der Waals surface area contributed by atoms with Gasteiger partial charge >= 0.3 is 0 Å². The third-order valence-electron chi connectivity index (χ3n) is 6.35. The van der Waals surface area contributed by atoms with Crippen LogP contribution in [0, 0.1) is 5.92 Å². The van der Waals surface area contributed by atoms with E-state index in [-0.39, 0.29) is 5.91 Å².